The first-order valence-corrected chi connectivity index (χ1v) is 6.81. The lowest BCUT2D eigenvalue weighted by atomic mass is 10.1. The van der Waals surface area contributed by atoms with Gasteiger partial charge in [0.25, 0.3) is 5.69 Å². The van der Waals surface area contributed by atoms with Crippen LogP contribution >= 0.6 is 0 Å². The Bertz CT molecular complexity index is 706. The van der Waals surface area contributed by atoms with Gasteiger partial charge < -0.3 is 0 Å². The van der Waals surface area contributed by atoms with Gasteiger partial charge in [-0.05, 0) is 12.1 Å². The summed E-state index contributed by atoms with van der Waals surface area (Å²) < 4.78 is 1.66. The molecule has 0 saturated carbocycles. The first-order valence-electron chi connectivity index (χ1n) is 6.81. The average Bonchev–Trinajstić information content (AvgIpc) is 2.54. The van der Waals surface area contributed by atoms with Crippen molar-refractivity contribution < 1.29 is 19.1 Å². The predicted molar refractivity (Wildman–Crippen MR) is 78.7 cm³/mol. The van der Waals surface area contributed by atoms with E-state index in [1.807, 2.05) is 0 Å². The number of aromatic nitrogens is 1. The number of nitrogens with zero attached hydrogens (tertiary/aromatic N) is 2. The lowest BCUT2D eigenvalue weighted by molar-refractivity contribution is -0.683. The molecule has 1 heterocycles. The Morgan fingerprint density at radius 1 is 1.00 bits per heavy atom. The number of non-ortho nitro benzene ring substituents is 1. The normalized spacial score (nSPS) is 10.2. The maximum Gasteiger partial charge on any atom is 0.269 e. The first-order chi connectivity index (χ1) is 10.5. The van der Waals surface area contributed by atoms with Gasteiger partial charge in [-0.15, -0.1) is 0 Å². The van der Waals surface area contributed by atoms with Crippen LogP contribution in [0.5, 0.6) is 0 Å². The second-order valence-electron chi connectivity index (χ2n) is 4.76. The molecule has 0 fully saturated rings. The summed E-state index contributed by atoms with van der Waals surface area (Å²) in [5.41, 5.74) is 0.972. The van der Waals surface area contributed by atoms with Crippen molar-refractivity contribution in [3.8, 4) is 0 Å². The average molecular weight is 299 g/mol. The minimum absolute atomic E-state index is 0.0494. The van der Waals surface area contributed by atoms with E-state index in [0.717, 1.165) is 0 Å². The Hall–Kier alpha value is -2.89. The smallest absolute Gasteiger partial charge is 0.269 e. The molecule has 0 aliphatic rings. The van der Waals surface area contributed by atoms with Crippen molar-refractivity contribution in [1.29, 1.82) is 0 Å². The van der Waals surface area contributed by atoms with Crippen LogP contribution in [0.15, 0.2) is 48.8 Å². The van der Waals surface area contributed by atoms with Gasteiger partial charge in [0.05, 0.1) is 4.92 Å². The highest BCUT2D eigenvalue weighted by Crippen LogP contribution is 2.12. The van der Waals surface area contributed by atoms with Gasteiger partial charge in [0.15, 0.2) is 18.2 Å². The van der Waals surface area contributed by atoms with Gasteiger partial charge in [0, 0.05) is 41.8 Å². The summed E-state index contributed by atoms with van der Waals surface area (Å²) in [6.45, 7) is 1.90. The summed E-state index contributed by atoms with van der Waals surface area (Å²) in [6, 6.07) is 8.84. The summed E-state index contributed by atoms with van der Waals surface area (Å²) >= 11 is 0. The first kappa shape index (κ1) is 15.5. The third-order valence-electron chi connectivity index (χ3n) is 3.26. The monoisotopic (exact) mass is 299 g/mol. The lowest BCUT2D eigenvalue weighted by Crippen LogP contribution is -2.37. The number of nitro groups is 1. The highest BCUT2D eigenvalue weighted by Gasteiger charge is 2.14. The standard InChI is InChI=1S/C16H15N2O4/c1-2-15(19)13-7-9-17(10-8-13)11-16(20)12-3-5-14(6-4-12)18(21)22/h3-10H,2,11H2,1H3/q+1. The number of nitro benzene ring substituents is 1. The Morgan fingerprint density at radius 3 is 2.05 bits per heavy atom. The Balaban J connectivity index is 2.08. The van der Waals surface area contributed by atoms with E-state index in [1.165, 1.54) is 24.3 Å². The Kier molecular flexibility index (Phi) is 4.73. The van der Waals surface area contributed by atoms with Crippen molar-refractivity contribution in [3.05, 3.63) is 70.0 Å². The minimum Gasteiger partial charge on any atom is -0.294 e. The van der Waals surface area contributed by atoms with Gasteiger partial charge in [0.1, 0.15) is 0 Å². The van der Waals surface area contributed by atoms with Crippen LogP contribution in [-0.2, 0) is 6.54 Å². The second kappa shape index (κ2) is 6.71. The fourth-order valence-corrected chi connectivity index (χ4v) is 1.98. The third-order valence-corrected chi connectivity index (χ3v) is 3.26. The molecule has 0 bridgehead atoms. The van der Waals surface area contributed by atoms with Gasteiger partial charge in [0.2, 0.25) is 12.3 Å². The third kappa shape index (κ3) is 3.60. The van der Waals surface area contributed by atoms with E-state index in [-0.39, 0.29) is 23.8 Å². The van der Waals surface area contributed by atoms with E-state index < -0.39 is 4.92 Å². The zero-order valence-electron chi connectivity index (χ0n) is 12.1. The Morgan fingerprint density at radius 2 is 1.55 bits per heavy atom. The fourth-order valence-electron chi connectivity index (χ4n) is 1.98. The number of pyridine rings is 1. The van der Waals surface area contributed by atoms with Gasteiger partial charge in [-0.1, -0.05) is 6.92 Å². The molecular weight excluding hydrogens is 284 g/mol. The number of ketones is 2. The molecule has 0 atom stereocenters. The molecule has 0 unspecified atom stereocenters. The molecule has 0 aliphatic carbocycles. The second-order valence-corrected chi connectivity index (χ2v) is 4.76. The van der Waals surface area contributed by atoms with Crippen molar-refractivity contribution in [2.75, 3.05) is 0 Å². The molecule has 6 heteroatoms. The van der Waals surface area contributed by atoms with Crippen LogP contribution < -0.4 is 4.57 Å². The van der Waals surface area contributed by atoms with E-state index in [9.17, 15) is 19.7 Å². The zero-order valence-corrected chi connectivity index (χ0v) is 12.1. The lowest BCUT2D eigenvalue weighted by Gasteiger charge is -2.00. The molecule has 0 spiro atoms. The number of carbonyl (C=O) groups is 2. The zero-order chi connectivity index (χ0) is 16.1. The van der Waals surface area contributed by atoms with Crippen molar-refractivity contribution in [3.63, 3.8) is 0 Å². The van der Waals surface area contributed by atoms with Crippen LogP contribution in [0.3, 0.4) is 0 Å². The van der Waals surface area contributed by atoms with E-state index in [1.54, 1.807) is 36.0 Å². The molecule has 2 aromatic rings. The molecule has 6 nitrogen and oxygen atoms in total. The molecule has 0 N–H and O–H groups in total. The molecule has 1 aromatic carbocycles. The summed E-state index contributed by atoms with van der Waals surface area (Å²) in [7, 11) is 0. The quantitative estimate of drug-likeness (QED) is 0.355. The summed E-state index contributed by atoms with van der Waals surface area (Å²) in [5, 5.41) is 10.6. The van der Waals surface area contributed by atoms with E-state index in [2.05, 4.69) is 0 Å². The highest BCUT2D eigenvalue weighted by atomic mass is 16.6. The number of hydrogen-bond donors (Lipinski definition) is 0. The maximum atomic E-state index is 12.1. The molecule has 0 radical (unpaired) electrons. The number of Topliss-reactive ketones (excluding diaryl/α,β-unsaturated/α-hetero) is 2. The van der Waals surface area contributed by atoms with Gasteiger partial charge in [-0.3, -0.25) is 19.7 Å². The molecule has 22 heavy (non-hydrogen) atoms. The number of benzene rings is 1. The number of carbonyl (C=O) groups excluding carboxylic acids is 2. The predicted octanol–water partition coefficient (Wildman–Crippen LogP) is 2.36. The molecule has 0 saturated heterocycles. The summed E-state index contributed by atoms with van der Waals surface area (Å²) in [5.74, 6) is -0.108. The van der Waals surface area contributed by atoms with Crippen molar-refractivity contribution in [2.24, 2.45) is 0 Å². The van der Waals surface area contributed by atoms with Crippen LogP contribution in [0, 0.1) is 10.1 Å². The van der Waals surface area contributed by atoms with Crippen LogP contribution in [0.2, 0.25) is 0 Å². The fraction of sp³-hybridized carbons (Fsp3) is 0.188. The molecule has 112 valence electrons. The molecule has 0 aliphatic heterocycles. The van der Waals surface area contributed by atoms with Crippen molar-refractivity contribution in [2.45, 2.75) is 19.9 Å². The van der Waals surface area contributed by atoms with Crippen LogP contribution in [0.4, 0.5) is 5.69 Å². The number of rotatable bonds is 6. The number of hydrogen-bond acceptors (Lipinski definition) is 4. The highest BCUT2D eigenvalue weighted by molar-refractivity contribution is 5.96. The minimum atomic E-state index is -0.507. The largest absolute Gasteiger partial charge is 0.294 e. The van der Waals surface area contributed by atoms with Gasteiger partial charge >= 0.3 is 0 Å². The van der Waals surface area contributed by atoms with Crippen LogP contribution in [0.1, 0.15) is 34.1 Å². The topological polar surface area (TPSA) is 81.2 Å². The van der Waals surface area contributed by atoms with Crippen LogP contribution in [0.25, 0.3) is 0 Å². The summed E-state index contributed by atoms with van der Waals surface area (Å²) in [4.78, 5) is 33.7. The Labute approximate surface area is 127 Å². The molecular formula is C16H15N2O4+. The van der Waals surface area contributed by atoms with Crippen molar-refractivity contribution >= 4 is 17.3 Å². The van der Waals surface area contributed by atoms with E-state index >= 15 is 0 Å². The van der Waals surface area contributed by atoms with E-state index in [4.69, 9.17) is 0 Å². The van der Waals surface area contributed by atoms with Crippen LogP contribution in [-0.4, -0.2) is 16.5 Å². The SMILES string of the molecule is CCC(=O)c1cc[n+](CC(=O)c2ccc([N+](=O)[O-])cc2)cc1. The molecule has 0 amide bonds. The maximum absolute atomic E-state index is 12.1. The van der Waals surface area contributed by atoms with Gasteiger partial charge in [-0.2, -0.15) is 4.57 Å². The molecule has 2 rings (SSSR count). The van der Waals surface area contributed by atoms with E-state index in [0.29, 0.717) is 17.5 Å². The summed E-state index contributed by atoms with van der Waals surface area (Å²) in [6.07, 6.45) is 3.78. The van der Waals surface area contributed by atoms with Crippen molar-refractivity contribution in [1.82, 2.24) is 0 Å². The van der Waals surface area contributed by atoms with Gasteiger partial charge in [-0.25, -0.2) is 0 Å². The molecule has 1 aromatic heterocycles.